The van der Waals surface area contributed by atoms with Gasteiger partial charge in [-0.05, 0) is 19.8 Å². The number of aromatic nitrogens is 3. The molecule has 178 valence electrons. The minimum atomic E-state index is -1.39. The molecule has 8 nitrogen and oxygen atoms in total. The maximum absolute atomic E-state index is 14.6. The van der Waals surface area contributed by atoms with Gasteiger partial charge in [0.1, 0.15) is 5.82 Å². The van der Waals surface area contributed by atoms with Gasteiger partial charge in [-0.1, -0.05) is 6.92 Å². The molecule has 2 saturated heterocycles. The first-order chi connectivity index (χ1) is 15.8. The number of ether oxygens (including phenoxy) is 1. The third kappa shape index (κ3) is 4.87. The summed E-state index contributed by atoms with van der Waals surface area (Å²) in [6.45, 7) is 7.55. The van der Waals surface area contributed by atoms with Gasteiger partial charge in [-0.3, -0.25) is 4.79 Å². The lowest BCUT2D eigenvalue weighted by molar-refractivity contribution is -0.127. The molecule has 0 radical (unpaired) electrons. The number of rotatable bonds is 5. The predicted molar refractivity (Wildman–Crippen MR) is 116 cm³/mol. The maximum atomic E-state index is 14.6. The first-order valence-corrected chi connectivity index (χ1v) is 11.1. The van der Waals surface area contributed by atoms with E-state index in [1.807, 2.05) is 11.8 Å². The van der Waals surface area contributed by atoms with Gasteiger partial charge in [0.15, 0.2) is 17.5 Å². The zero-order valence-electron chi connectivity index (χ0n) is 18.9. The molecule has 2 unspecified atom stereocenters. The standard InChI is InChI=1S/C22H27F3N6O2/c1-4-15-11-31(7-8-33-15)22-26-16(14-5-6-30(10-14)13(3)32)9-17(28-22)27-21-19(24)12(2)18(23)20(25)29-21/h9,14-15H,4-8,10-11H2,1-3H3,(H,26,27,28,29). The van der Waals surface area contributed by atoms with Gasteiger partial charge in [0.05, 0.1) is 18.4 Å². The van der Waals surface area contributed by atoms with E-state index in [2.05, 4.69) is 15.3 Å². The van der Waals surface area contributed by atoms with Crippen LogP contribution in [0.5, 0.6) is 0 Å². The number of anilines is 3. The number of pyridine rings is 1. The van der Waals surface area contributed by atoms with Gasteiger partial charge in [0.2, 0.25) is 11.9 Å². The van der Waals surface area contributed by atoms with Gasteiger partial charge in [-0.2, -0.15) is 14.4 Å². The lowest BCUT2D eigenvalue weighted by Crippen LogP contribution is -2.43. The Morgan fingerprint density at radius 2 is 1.97 bits per heavy atom. The van der Waals surface area contributed by atoms with Gasteiger partial charge in [-0.25, -0.2) is 13.8 Å². The number of hydrogen-bond acceptors (Lipinski definition) is 7. The summed E-state index contributed by atoms with van der Waals surface area (Å²) < 4.78 is 47.8. The highest BCUT2D eigenvalue weighted by Gasteiger charge is 2.29. The summed E-state index contributed by atoms with van der Waals surface area (Å²) in [5.41, 5.74) is 0.219. The van der Waals surface area contributed by atoms with Crippen LogP contribution in [0.15, 0.2) is 6.07 Å². The lowest BCUT2D eigenvalue weighted by Gasteiger charge is -2.33. The summed E-state index contributed by atoms with van der Waals surface area (Å²) >= 11 is 0. The van der Waals surface area contributed by atoms with Crippen LogP contribution in [0, 0.1) is 24.5 Å². The van der Waals surface area contributed by atoms with Gasteiger partial charge in [0.25, 0.3) is 5.95 Å². The van der Waals surface area contributed by atoms with Crippen LogP contribution < -0.4 is 10.2 Å². The minimum absolute atomic E-state index is 0.00683. The number of carbonyl (C=O) groups excluding carboxylic acids is 1. The molecule has 33 heavy (non-hydrogen) atoms. The molecule has 2 aliphatic heterocycles. The Hall–Kier alpha value is -2.95. The van der Waals surface area contributed by atoms with Crippen LogP contribution in [0.3, 0.4) is 0 Å². The molecule has 2 aliphatic rings. The van der Waals surface area contributed by atoms with Crippen LogP contribution in [-0.4, -0.2) is 64.6 Å². The van der Waals surface area contributed by atoms with E-state index in [9.17, 15) is 18.0 Å². The zero-order valence-corrected chi connectivity index (χ0v) is 18.9. The summed E-state index contributed by atoms with van der Waals surface area (Å²) in [5.74, 6) is -3.54. The minimum Gasteiger partial charge on any atom is -0.375 e. The summed E-state index contributed by atoms with van der Waals surface area (Å²) in [5, 5.41) is 2.70. The number of likely N-dealkylation sites (tertiary alicyclic amines) is 1. The molecule has 0 saturated carbocycles. The van der Waals surface area contributed by atoms with Crippen LogP contribution in [-0.2, 0) is 9.53 Å². The van der Waals surface area contributed by atoms with Crippen molar-refractivity contribution >= 4 is 23.5 Å². The summed E-state index contributed by atoms with van der Waals surface area (Å²) in [6.07, 6.45) is 1.60. The molecule has 0 spiro atoms. The van der Waals surface area contributed by atoms with Crippen molar-refractivity contribution in [3.05, 3.63) is 34.9 Å². The van der Waals surface area contributed by atoms with E-state index in [4.69, 9.17) is 9.72 Å². The van der Waals surface area contributed by atoms with Crippen LogP contribution in [0.4, 0.5) is 30.8 Å². The smallest absolute Gasteiger partial charge is 0.251 e. The average molecular weight is 464 g/mol. The highest BCUT2D eigenvalue weighted by atomic mass is 19.2. The van der Waals surface area contributed by atoms with Gasteiger partial charge >= 0.3 is 0 Å². The Morgan fingerprint density at radius 3 is 2.67 bits per heavy atom. The van der Waals surface area contributed by atoms with Gasteiger partial charge < -0.3 is 19.9 Å². The van der Waals surface area contributed by atoms with E-state index >= 15 is 0 Å². The molecule has 2 atom stereocenters. The van der Waals surface area contributed by atoms with E-state index in [1.54, 1.807) is 11.0 Å². The van der Waals surface area contributed by atoms with Crippen molar-refractivity contribution in [2.45, 2.75) is 45.6 Å². The number of amides is 1. The SMILES string of the molecule is CCC1CN(c2nc(Nc3nc(F)c(F)c(C)c3F)cc(C3CCN(C(C)=O)C3)n2)CCO1. The second kappa shape index (κ2) is 9.50. The third-order valence-corrected chi connectivity index (χ3v) is 6.17. The molecule has 0 aromatic carbocycles. The predicted octanol–water partition coefficient (Wildman–Crippen LogP) is 3.29. The van der Waals surface area contributed by atoms with E-state index in [0.717, 1.165) is 19.8 Å². The molecule has 2 aromatic rings. The molecule has 4 heterocycles. The molecular weight excluding hydrogens is 437 g/mol. The second-order valence-electron chi connectivity index (χ2n) is 8.40. The zero-order chi connectivity index (χ0) is 23.7. The highest BCUT2D eigenvalue weighted by molar-refractivity contribution is 5.73. The molecule has 0 aliphatic carbocycles. The van der Waals surface area contributed by atoms with Crippen LogP contribution in [0.2, 0.25) is 0 Å². The van der Waals surface area contributed by atoms with E-state index in [-0.39, 0.29) is 23.7 Å². The Morgan fingerprint density at radius 1 is 1.18 bits per heavy atom. The van der Waals surface area contributed by atoms with Crippen LogP contribution in [0.1, 0.15) is 43.9 Å². The van der Waals surface area contributed by atoms with Crippen LogP contribution >= 0.6 is 0 Å². The third-order valence-electron chi connectivity index (χ3n) is 6.17. The van der Waals surface area contributed by atoms with Crippen molar-refractivity contribution in [3.63, 3.8) is 0 Å². The Labute approximate surface area is 190 Å². The maximum Gasteiger partial charge on any atom is 0.251 e. The van der Waals surface area contributed by atoms with E-state index < -0.39 is 29.0 Å². The lowest BCUT2D eigenvalue weighted by atomic mass is 10.0. The Balaban J connectivity index is 1.69. The topological polar surface area (TPSA) is 83.5 Å². The second-order valence-corrected chi connectivity index (χ2v) is 8.40. The monoisotopic (exact) mass is 464 g/mol. The molecular formula is C22H27F3N6O2. The van der Waals surface area contributed by atoms with Crippen LogP contribution in [0.25, 0.3) is 0 Å². The fourth-order valence-corrected chi connectivity index (χ4v) is 4.13. The van der Waals surface area contributed by atoms with Crippen molar-refractivity contribution in [2.24, 2.45) is 0 Å². The number of halogens is 3. The first kappa shape index (κ1) is 23.2. The van der Waals surface area contributed by atoms with Gasteiger partial charge in [0, 0.05) is 50.7 Å². The quantitative estimate of drug-likeness (QED) is 0.680. The fraction of sp³-hybridized carbons (Fsp3) is 0.545. The molecule has 1 amide bonds. The summed E-state index contributed by atoms with van der Waals surface area (Å²) in [4.78, 5) is 28.2. The van der Waals surface area contributed by atoms with Crippen molar-refractivity contribution < 1.29 is 22.7 Å². The van der Waals surface area contributed by atoms with Crippen molar-refractivity contribution in [1.29, 1.82) is 0 Å². The van der Waals surface area contributed by atoms with Gasteiger partial charge in [-0.15, -0.1) is 0 Å². The molecule has 1 N–H and O–H groups in total. The first-order valence-electron chi connectivity index (χ1n) is 11.1. The number of nitrogens with zero attached hydrogens (tertiary/aromatic N) is 5. The number of nitrogens with one attached hydrogen (secondary N) is 1. The largest absolute Gasteiger partial charge is 0.375 e. The highest BCUT2D eigenvalue weighted by Crippen LogP contribution is 2.31. The van der Waals surface area contributed by atoms with E-state index in [1.165, 1.54) is 6.92 Å². The van der Waals surface area contributed by atoms with E-state index in [0.29, 0.717) is 44.4 Å². The molecule has 4 rings (SSSR count). The molecule has 0 bridgehead atoms. The molecule has 2 aromatic heterocycles. The molecule has 2 fully saturated rings. The summed E-state index contributed by atoms with van der Waals surface area (Å²) in [7, 11) is 0. The number of hydrogen-bond donors (Lipinski definition) is 1. The Bertz CT molecular complexity index is 1050. The van der Waals surface area contributed by atoms with Crippen molar-refractivity contribution in [2.75, 3.05) is 43.0 Å². The normalized spacial score (nSPS) is 20.9. The number of morpholine rings is 1. The number of carbonyl (C=O) groups is 1. The van der Waals surface area contributed by atoms with Crippen molar-refractivity contribution in [1.82, 2.24) is 19.9 Å². The fourth-order valence-electron chi connectivity index (χ4n) is 4.13. The average Bonchev–Trinajstić information content (AvgIpc) is 3.32. The van der Waals surface area contributed by atoms with Crippen molar-refractivity contribution in [3.8, 4) is 0 Å². The Kier molecular flexibility index (Phi) is 6.68. The summed E-state index contributed by atoms with van der Waals surface area (Å²) in [6, 6.07) is 1.65. The molecule has 11 heteroatoms.